The summed E-state index contributed by atoms with van der Waals surface area (Å²) >= 11 is 5.99. The highest BCUT2D eigenvalue weighted by atomic mass is 35.5. The number of pyridine rings is 1. The number of amides is 3. The molecule has 2 heterocycles. The number of nitrogens with zero attached hydrogens (tertiary/aromatic N) is 2. The molecule has 0 spiro atoms. The van der Waals surface area contributed by atoms with Crippen molar-refractivity contribution in [3.63, 3.8) is 0 Å². The zero-order valence-electron chi connectivity index (χ0n) is 10.4. The second-order valence-corrected chi connectivity index (χ2v) is 4.73. The van der Waals surface area contributed by atoms with Gasteiger partial charge >= 0.3 is 0 Å². The van der Waals surface area contributed by atoms with Gasteiger partial charge in [-0.3, -0.25) is 24.7 Å². The van der Waals surface area contributed by atoms with Crippen LogP contribution in [0, 0.1) is 6.92 Å². The normalized spacial score (nSPS) is 19.3. The van der Waals surface area contributed by atoms with E-state index >= 15 is 0 Å². The molecule has 3 amide bonds. The lowest BCUT2D eigenvalue weighted by atomic mass is 10.1. The van der Waals surface area contributed by atoms with E-state index in [1.807, 2.05) is 0 Å². The molecule has 1 aromatic heterocycles. The highest BCUT2D eigenvalue weighted by Gasteiger charge is 2.34. The number of nitrogens with one attached hydrogen (secondary N) is 1. The van der Waals surface area contributed by atoms with Gasteiger partial charge in [0.15, 0.2) is 0 Å². The van der Waals surface area contributed by atoms with E-state index in [2.05, 4.69) is 10.3 Å². The van der Waals surface area contributed by atoms with E-state index in [-0.39, 0.29) is 17.1 Å². The fourth-order valence-corrected chi connectivity index (χ4v) is 2.09. The number of piperazine rings is 1. The average Bonchev–Trinajstić information content (AvgIpc) is 2.33. The summed E-state index contributed by atoms with van der Waals surface area (Å²) in [6, 6.07) is 0.841. The lowest BCUT2D eigenvalue weighted by molar-refractivity contribution is -0.138. The van der Waals surface area contributed by atoms with Crippen LogP contribution in [-0.4, -0.2) is 40.2 Å². The molecule has 1 aromatic rings. The highest BCUT2D eigenvalue weighted by Crippen LogP contribution is 2.19. The van der Waals surface area contributed by atoms with Gasteiger partial charge in [-0.15, -0.1) is 0 Å². The van der Waals surface area contributed by atoms with E-state index < -0.39 is 23.8 Å². The highest BCUT2D eigenvalue weighted by molar-refractivity contribution is 6.34. The monoisotopic (exact) mass is 281 g/mol. The minimum Gasteiger partial charge on any atom is -0.317 e. The van der Waals surface area contributed by atoms with Gasteiger partial charge in [0.1, 0.15) is 12.6 Å². The van der Waals surface area contributed by atoms with Crippen molar-refractivity contribution in [1.29, 1.82) is 0 Å². The molecule has 6 nitrogen and oxygen atoms in total. The molecule has 1 saturated heterocycles. The maximum Gasteiger partial charge on any atom is 0.258 e. The zero-order valence-corrected chi connectivity index (χ0v) is 11.2. The Hall–Kier alpha value is -1.95. The fraction of sp³-hybridized carbons (Fsp3) is 0.333. The Morgan fingerprint density at radius 3 is 2.84 bits per heavy atom. The van der Waals surface area contributed by atoms with E-state index in [9.17, 15) is 14.4 Å². The number of rotatable bonds is 1. The van der Waals surface area contributed by atoms with Crippen LogP contribution in [0.15, 0.2) is 12.3 Å². The lowest BCUT2D eigenvalue weighted by Crippen LogP contribution is -2.58. The van der Waals surface area contributed by atoms with Crippen LogP contribution in [0.4, 0.5) is 0 Å². The van der Waals surface area contributed by atoms with Gasteiger partial charge in [0.05, 0.1) is 10.6 Å². The number of aryl methyl sites for hydroxylation is 1. The van der Waals surface area contributed by atoms with Crippen LogP contribution in [0.2, 0.25) is 5.02 Å². The first-order chi connectivity index (χ1) is 8.90. The van der Waals surface area contributed by atoms with Gasteiger partial charge in [0, 0.05) is 11.9 Å². The van der Waals surface area contributed by atoms with Gasteiger partial charge in [-0.05, 0) is 19.9 Å². The number of carbonyl (C=O) groups is 3. The van der Waals surface area contributed by atoms with Crippen molar-refractivity contribution >= 4 is 29.3 Å². The summed E-state index contributed by atoms with van der Waals surface area (Å²) in [5.74, 6) is -1.48. The molecule has 19 heavy (non-hydrogen) atoms. The van der Waals surface area contributed by atoms with E-state index in [0.29, 0.717) is 5.69 Å². The Kier molecular flexibility index (Phi) is 3.53. The third-order valence-electron chi connectivity index (χ3n) is 2.90. The quantitative estimate of drug-likeness (QED) is 0.762. The van der Waals surface area contributed by atoms with E-state index in [0.717, 1.165) is 0 Å². The van der Waals surface area contributed by atoms with Gasteiger partial charge in [-0.25, -0.2) is 0 Å². The number of hydrogen-bond acceptors (Lipinski definition) is 4. The van der Waals surface area contributed by atoms with Crippen LogP contribution in [-0.2, 0) is 9.59 Å². The maximum atomic E-state index is 12.3. The van der Waals surface area contributed by atoms with Crippen LogP contribution in [0.1, 0.15) is 23.0 Å². The van der Waals surface area contributed by atoms with Crippen molar-refractivity contribution in [2.45, 2.75) is 19.9 Å². The molecular formula is C12H12ClN3O3. The van der Waals surface area contributed by atoms with Gasteiger partial charge < -0.3 is 4.90 Å². The number of carbonyl (C=O) groups excluding carboxylic acids is 3. The molecule has 1 N–H and O–H groups in total. The van der Waals surface area contributed by atoms with Crippen LogP contribution >= 0.6 is 11.6 Å². The minimum absolute atomic E-state index is 0.171. The zero-order chi connectivity index (χ0) is 14.2. The smallest absolute Gasteiger partial charge is 0.258 e. The fourth-order valence-electron chi connectivity index (χ4n) is 1.80. The molecule has 1 unspecified atom stereocenters. The third kappa shape index (κ3) is 2.58. The van der Waals surface area contributed by atoms with Crippen LogP contribution in [0.3, 0.4) is 0 Å². The number of halogens is 1. The van der Waals surface area contributed by atoms with Gasteiger partial charge in [0.25, 0.3) is 5.91 Å². The second kappa shape index (κ2) is 4.97. The van der Waals surface area contributed by atoms with Gasteiger partial charge in [0.2, 0.25) is 11.8 Å². The molecule has 0 aliphatic carbocycles. The first-order valence-corrected chi connectivity index (χ1v) is 6.04. The molecule has 1 aliphatic rings. The number of aromatic nitrogens is 1. The first-order valence-electron chi connectivity index (χ1n) is 5.67. The Morgan fingerprint density at radius 1 is 1.53 bits per heavy atom. The van der Waals surface area contributed by atoms with Gasteiger partial charge in [-0.1, -0.05) is 11.6 Å². The minimum atomic E-state index is -0.720. The topological polar surface area (TPSA) is 79.4 Å². The number of imide groups is 1. The van der Waals surface area contributed by atoms with Crippen molar-refractivity contribution < 1.29 is 14.4 Å². The molecule has 0 bridgehead atoms. The van der Waals surface area contributed by atoms with Crippen LogP contribution < -0.4 is 5.32 Å². The molecule has 1 aliphatic heterocycles. The van der Waals surface area contributed by atoms with Crippen molar-refractivity contribution in [3.8, 4) is 0 Å². The Morgan fingerprint density at radius 2 is 2.21 bits per heavy atom. The summed E-state index contributed by atoms with van der Waals surface area (Å²) in [7, 11) is 0. The first kappa shape index (κ1) is 13.5. The summed E-state index contributed by atoms with van der Waals surface area (Å²) in [5.41, 5.74) is 0.865. The Labute approximate surface area is 114 Å². The molecule has 1 atom stereocenters. The predicted molar refractivity (Wildman–Crippen MR) is 67.6 cm³/mol. The lowest BCUT2D eigenvalue weighted by Gasteiger charge is -2.31. The Bertz CT molecular complexity index is 573. The average molecular weight is 282 g/mol. The summed E-state index contributed by atoms with van der Waals surface area (Å²) in [6.45, 7) is 3.13. The molecule has 1 fully saturated rings. The van der Waals surface area contributed by atoms with Crippen molar-refractivity contribution in [2.24, 2.45) is 0 Å². The Balaban J connectivity index is 2.32. The molecule has 0 saturated carbocycles. The van der Waals surface area contributed by atoms with Crippen molar-refractivity contribution in [3.05, 3.63) is 28.5 Å². The maximum absolute atomic E-state index is 12.3. The van der Waals surface area contributed by atoms with E-state index in [1.165, 1.54) is 11.1 Å². The largest absolute Gasteiger partial charge is 0.317 e. The molecule has 2 rings (SSSR count). The molecule has 100 valence electrons. The van der Waals surface area contributed by atoms with Crippen LogP contribution in [0.25, 0.3) is 0 Å². The van der Waals surface area contributed by atoms with Crippen molar-refractivity contribution in [1.82, 2.24) is 15.2 Å². The molecule has 0 aromatic carbocycles. The van der Waals surface area contributed by atoms with Crippen molar-refractivity contribution in [2.75, 3.05) is 6.54 Å². The SMILES string of the molecule is Cc1cc(Cl)c(C(=O)N2CC(=O)NC(=O)C2C)cn1. The summed E-state index contributed by atoms with van der Waals surface area (Å²) < 4.78 is 0. The summed E-state index contributed by atoms with van der Waals surface area (Å²) in [6.07, 6.45) is 1.35. The molecule has 7 heteroatoms. The summed E-state index contributed by atoms with van der Waals surface area (Å²) in [4.78, 5) is 40.3. The molecule has 0 radical (unpaired) electrons. The van der Waals surface area contributed by atoms with E-state index in [4.69, 9.17) is 11.6 Å². The van der Waals surface area contributed by atoms with E-state index in [1.54, 1.807) is 19.9 Å². The number of hydrogen-bond donors (Lipinski definition) is 1. The van der Waals surface area contributed by atoms with Gasteiger partial charge in [-0.2, -0.15) is 0 Å². The summed E-state index contributed by atoms with van der Waals surface area (Å²) in [5, 5.41) is 2.42. The molecular weight excluding hydrogens is 270 g/mol. The van der Waals surface area contributed by atoms with Crippen LogP contribution in [0.5, 0.6) is 0 Å². The standard InChI is InChI=1S/C12H12ClN3O3/c1-6-3-9(13)8(4-14-6)12(19)16-5-10(17)15-11(18)7(16)2/h3-4,7H,5H2,1-2H3,(H,15,17,18). The third-order valence-corrected chi connectivity index (χ3v) is 3.22. The predicted octanol–water partition coefficient (Wildman–Crippen LogP) is 0.531. The second-order valence-electron chi connectivity index (χ2n) is 4.33.